The second kappa shape index (κ2) is 7.35. The predicted octanol–water partition coefficient (Wildman–Crippen LogP) is 4.34. The molecule has 1 amide bonds. The first-order valence-electron chi connectivity index (χ1n) is 7.97. The van der Waals surface area contributed by atoms with Crippen LogP contribution < -0.4 is 5.32 Å². The first-order valence-corrected chi connectivity index (χ1v) is 8.95. The van der Waals surface area contributed by atoms with Crippen molar-refractivity contribution >= 4 is 17.7 Å². The number of aryl methyl sites for hydroxylation is 2. The molecule has 1 N–H and O–H groups in total. The second-order valence-electron chi connectivity index (χ2n) is 6.50. The Balaban J connectivity index is 1.84. The van der Waals surface area contributed by atoms with Gasteiger partial charge in [-0.05, 0) is 43.7 Å². The number of carbonyl (C=O) groups excluding carboxylic acids is 1. The van der Waals surface area contributed by atoms with Crippen molar-refractivity contribution in [3.05, 3.63) is 29.3 Å². The van der Waals surface area contributed by atoms with Crippen molar-refractivity contribution in [1.82, 2.24) is 5.32 Å². The Morgan fingerprint density at radius 2 is 2.05 bits per heavy atom. The van der Waals surface area contributed by atoms with Gasteiger partial charge in [0, 0.05) is 10.9 Å². The maximum Gasteiger partial charge on any atom is 0.230 e. The van der Waals surface area contributed by atoms with Gasteiger partial charge < -0.3 is 5.32 Å². The van der Waals surface area contributed by atoms with Crippen LogP contribution in [0.2, 0.25) is 0 Å². The highest BCUT2D eigenvalue weighted by Gasteiger charge is 2.27. The predicted molar refractivity (Wildman–Crippen MR) is 90.7 cm³/mol. The van der Waals surface area contributed by atoms with Crippen LogP contribution in [0.25, 0.3) is 0 Å². The molecule has 2 rings (SSSR count). The molecular formula is C18H27NOS. The zero-order valence-electron chi connectivity index (χ0n) is 13.6. The lowest BCUT2D eigenvalue weighted by atomic mass is 9.78. The maximum atomic E-state index is 12.2. The maximum absolute atomic E-state index is 12.2. The summed E-state index contributed by atoms with van der Waals surface area (Å²) in [6.45, 7) is 8.78. The van der Waals surface area contributed by atoms with Crippen LogP contribution in [0.5, 0.6) is 0 Å². The quantitative estimate of drug-likeness (QED) is 0.839. The molecule has 1 aromatic carbocycles. The Kier molecular flexibility index (Phi) is 5.74. The van der Waals surface area contributed by atoms with Gasteiger partial charge in [0.1, 0.15) is 0 Å². The average Bonchev–Trinajstić information content (AvgIpc) is 2.43. The van der Waals surface area contributed by atoms with Gasteiger partial charge in [-0.1, -0.05) is 44.4 Å². The molecule has 0 radical (unpaired) electrons. The molecule has 0 saturated heterocycles. The molecule has 21 heavy (non-hydrogen) atoms. The molecule has 1 fully saturated rings. The summed E-state index contributed by atoms with van der Waals surface area (Å²) in [5, 5.41) is 3.24. The van der Waals surface area contributed by atoms with E-state index in [0.717, 1.165) is 12.3 Å². The van der Waals surface area contributed by atoms with Gasteiger partial charge in [0.2, 0.25) is 5.91 Å². The van der Waals surface area contributed by atoms with Crippen LogP contribution in [-0.4, -0.2) is 17.7 Å². The van der Waals surface area contributed by atoms with Crippen LogP contribution in [0.3, 0.4) is 0 Å². The zero-order chi connectivity index (χ0) is 15.4. The molecule has 1 aliphatic rings. The molecule has 2 nitrogen and oxygen atoms in total. The molecule has 0 aliphatic heterocycles. The summed E-state index contributed by atoms with van der Waals surface area (Å²) < 4.78 is 0. The van der Waals surface area contributed by atoms with E-state index in [-0.39, 0.29) is 5.91 Å². The molecule has 0 heterocycles. The van der Waals surface area contributed by atoms with Crippen LogP contribution in [0, 0.1) is 25.7 Å². The largest absolute Gasteiger partial charge is 0.352 e. The molecular weight excluding hydrogens is 278 g/mol. The van der Waals surface area contributed by atoms with Gasteiger partial charge in [-0.3, -0.25) is 4.79 Å². The van der Waals surface area contributed by atoms with Gasteiger partial charge in [0.25, 0.3) is 0 Å². The number of benzene rings is 1. The van der Waals surface area contributed by atoms with Gasteiger partial charge in [-0.2, -0.15) is 0 Å². The fourth-order valence-electron chi connectivity index (χ4n) is 3.14. The van der Waals surface area contributed by atoms with Crippen LogP contribution in [0.1, 0.15) is 44.2 Å². The van der Waals surface area contributed by atoms with Crippen LogP contribution in [-0.2, 0) is 4.79 Å². The van der Waals surface area contributed by atoms with Crippen LogP contribution in [0.15, 0.2) is 23.1 Å². The van der Waals surface area contributed by atoms with Gasteiger partial charge in [0.15, 0.2) is 0 Å². The van der Waals surface area contributed by atoms with E-state index < -0.39 is 0 Å². The minimum atomic E-state index is 0.172. The third-order valence-electron chi connectivity index (χ3n) is 4.74. The Bertz CT molecular complexity index is 500. The zero-order valence-corrected chi connectivity index (χ0v) is 14.4. The Labute approximate surface area is 133 Å². The van der Waals surface area contributed by atoms with E-state index in [1.165, 1.54) is 28.9 Å². The lowest BCUT2D eigenvalue weighted by Gasteiger charge is -2.34. The van der Waals surface area contributed by atoms with Gasteiger partial charge in [-0.25, -0.2) is 0 Å². The van der Waals surface area contributed by atoms with Crippen LogP contribution in [0.4, 0.5) is 0 Å². The number of hydrogen-bond donors (Lipinski definition) is 1. The fraction of sp³-hybridized carbons (Fsp3) is 0.611. The number of rotatable bonds is 4. The summed E-state index contributed by atoms with van der Waals surface area (Å²) in [4.78, 5) is 13.4. The monoisotopic (exact) mass is 305 g/mol. The Hall–Kier alpha value is -0.960. The average molecular weight is 305 g/mol. The van der Waals surface area contributed by atoms with Crippen molar-refractivity contribution < 1.29 is 4.79 Å². The van der Waals surface area contributed by atoms with Crippen molar-refractivity contribution in [2.45, 2.75) is 57.9 Å². The van der Waals surface area contributed by atoms with E-state index in [1.54, 1.807) is 11.8 Å². The van der Waals surface area contributed by atoms with Crippen molar-refractivity contribution in [3.8, 4) is 0 Å². The molecule has 3 atom stereocenters. The van der Waals surface area contributed by atoms with Crippen molar-refractivity contribution in [3.63, 3.8) is 0 Å². The van der Waals surface area contributed by atoms with Crippen LogP contribution >= 0.6 is 11.8 Å². The van der Waals surface area contributed by atoms with E-state index in [0.29, 0.717) is 17.7 Å². The summed E-state index contributed by atoms with van der Waals surface area (Å²) in [7, 11) is 0. The number of carbonyl (C=O) groups is 1. The Morgan fingerprint density at radius 3 is 2.76 bits per heavy atom. The number of thioether (sulfide) groups is 1. The highest BCUT2D eigenvalue weighted by Crippen LogP contribution is 2.29. The van der Waals surface area contributed by atoms with Gasteiger partial charge in [0.05, 0.1) is 5.75 Å². The van der Waals surface area contributed by atoms with E-state index >= 15 is 0 Å². The molecule has 0 bridgehead atoms. The van der Waals surface area contributed by atoms with E-state index in [9.17, 15) is 4.79 Å². The number of hydrogen-bond acceptors (Lipinski definition) is 2. The molecule has 0 spiro atoms. The summed E-state index contributed by atoms with van der Waals surface area (Å²) in [5.41, 5.74) is 2.53. The standard InChI is InChI=1S/C18H27NOS/c1-12-8-9-17(14(3)10-12)21-11-18(20)19-16-7-5-6-13(2)15(16)4/h8-10,13,15-16H,5-7,11H2,1-4H3,(H,19,20)/t13-,15+,16+/m0/s1. The molecule has 3 heteroatoms. The molecule has 0 aromatic heterocycles. The van der Waals surface area contributed by atoms with E-state index in [4.69, 9.17) is 0 Å². The van der Waals surface area contributed by atoms with E-state index in [2.05, 4.69) is 51.2 Å². The number of nitrogens with one attached hydrogen (secondary N) is 1. The first kappa shape index (κ1) is 16.4. The van der Waals surface area contributed by atoms with Crippen molar-refractivity contribution in [1.29, 1.82) is 0 Å². The minimum Gasteiger partial charge on any atom is -0.352 e. The molecule has 116 valence electrons. The normalized spacial score (nSPS) is 25.6. The van der Waals surface area contributed by atoms with E-state index in [1.807, 2.05) is 0 Å². The molecule has 0 unspecified atom stereocenters. The van der Waals surface area contributed by atoms with Gasteiger partial charge in [-0.15, -0.1) is 11.8 Å². The molecule has 1 saturated carbocycles. The van der Waals surface area contributed by atoms with Crippen molar-refractivity contribution in [2.75, 3.05) is 5.75 Å². The lowest BCUT2D eigenvalue weighted by molar-refractivity contribution is -0.119. The topological polar surface area (TPSA) is 29.1 Å². The second-order valence-corrected chi connectivity index (χ2v) is 7.52. The number of amides is 1. The summed E-state index contributed by atoms with van der Waals surface area (Å²) in [6, 6.07) is 6.76. The molecule has 1 aromatic rings. The minimum absolute atomic E-state index is 0.172. The highest BCUT2D eigenvalue weighted by molar-refractivity contribution is 8.00. The smallest absolute Gasteiger partial charge is 0.230 e. The summed E-state index contributed by atoms with van der Waals surface area (Å²) >= 11 is 1.64. The highest BCUT2D eigenvalue weighted by atomic mass is 32.2. The lowest BCUT2D eigenvalue weighted by Crippen LogP contribution is -2.44. The van der Waals surface area contributed by atoms with Gasteiger partial charge >= 0.3 is 0 Å². The molecule has 1 aliphatic carbocycles. The summed E-state index contributed by atoms with van der Waals surface area (Å²) in [5.74, 6) is 2.00. The fourth-order valence-corrected chi connectivity index (χ4v) is 3.96. The third-order valence-corrected chi connectivity index (χ3v) is 5.92. The van der Waals surface area contributed by atoms with Crippen molar-refractivity contribution in [2.24, 2.45) is 11.8 Å². The Morgan fingerprint density at radius 1 is 1.29 bits per heavy atom. The first-order chi connectivity index (χ1) is 9.97. The SMILES string of the molecule is Cc1ccc(SCC(=O)N[C@@H]2CCC[C@H](C)[C@H]2C)c(C)c1. The third kappa shape index (κ3) is 4.50. The summed E-state index contributed by atoms with van der Waals surface area (Å²) in [6.07, 6.45) is 3.66.